The maximum Gasteiger partial charge on any atom is 0.165 e. The third-order valence-electron chi connectivity index (χ3n) is 4.53. The lowest BCUT2D eigenvalue weighted by molar-refractivity contribution is -0.127. The smallest absolute Gasteiger partial charge is 0.165 e. The summed E-state index contributed by atoms with van der Waals surface area (Å²) in [5, 5.41) is 0. The Balaban J connectivity index is 2.36. The summed E-state index contributed by atoms with van der Waals surface area (Å²) in [7, 11) is 1.70. The first-order chi connectivity index (χ1) is 7.55. The fraction of sp³-hybridized carbons (Fsp3) is 0.643. The van der Waals surface area contributed by atoms with Crippen LogP contribution in [0, 0.1) is 23.2 Å². The fourth-order valence-corrected chi connectivity index (χ4v) is 3.54. The van der Waals surface area contributed by atoms with Gasteiger partial charge in [0.05, 0.1) is 6.61 Å². The number of rotatable bonds is 3. The molecule has 88 valence electrons. The first-order valence-corrected chi connectivity index (χ1v) is 5.90. The summed E-state index contributed by atoms with van der Waals surface area (Å²) in [6.07, 6.45) is 5.18. The zero-order valence-electron chi connectivity index (χ0n) is 10.3. The number of Topliss-reactive ketones (excluding diaryl/α,β-unsaturated/α-hetero) is 1. The molecule has 0 aromatic carbocycles. The van der Waals surface area contributed by atoms with Gasteiger partial charge in [-0.15, -0.1) is 6.58 Å². The Morgan fingerprint density at radius 1 is 1.69 bits per heavy atom. The Labute approximate surface area is 97.4 Å². The van der Waals surface area contributed by atoms with E-state index in [1.54, 1.807) is 7.11 Å². The molecule has 0 aliphatic heterocycles. The van der Waals surface area contributed by atoms with Crippen LogP contribution in [0.4, 0.5) is 0 Å². The van der Waals surface area contributed by atoms with Crippen molar-refractivity contribution in [3.05, 3.63) is 24.3 Å². The number of fused-ring (bicyclic) bond motifs is 1. The van der Waals surface area contributed by atoms with E-state index in [2.05, 4.69) is 19.6 Å². The van der Waals surface area contributed by atoms with E-state index in [0.29, 0.717) is 24.2 Å². The van der Waals surface area contributed by atoms with Gasteiger partial charge in [0.2, 0.25) is 0 Å². The molecule has 0 saturated heterocycles. The van der Waals surface area contributed by atoms with Crippen molar-refractivity contribution in [3.63, 3.8) is 0 Å². The molecule has 2 aliphatic carbocycles. The van der Waals surface area contributed by atoms with E-state index in [0.717, 1.165) is 12.0 Å². The molecule has 0 spiro atoms. The molecule has 0 aromatic rings. The summed E-state index contributed by atoms with van der Waals surface area (Å²) in [5.41, 5.74) is 0.676. The van der Waals surface area contributed by atoms with Gasteiger partial charge in [0.15, 0.2) is 5.78 Å². The van der Waals surface area contributed by atoms with Crippen LogP contribution in [-0.4, -0.2) is 19.5 Å². The number of allylic oxidation sites excluding steroid dienone is 3. The minimum absolute atomic E-state index is 0.251. The normalized spacial score (nSPS) is 42.1. The third-order valence-corrected chi connectivity index (χ3v) is 4.53. The van der Waals surface area contributed by atoms with E-state index < -0.39 is 0 Å². The summed E-state index contributed by atoms with van der Waals surface area (Å²) in [6.45, 7) is 8.57. The summed E-state index contributed by atoms with van der Waals surface area (Å²) in [4.78, 5) is 12.3. The summed E-state index contributed by atoms with van der Waals surface area (Å²) < 4.78 is 5.29. The zero-order valence-corrected chi connectivity index (χ0v) is 10.3. The van der Waals surface area contributed by atoms with Crippen molar-refractivity contribution in [2.75, 3.05) is 13.7 Å². The highest BCUT2D eigenvalue weighted by atomic mass is 16.5. The largest absolute Gasteiger partial charge is 0.384 e. The maximum absolute atomic E-state index is 12.3. The van der Waals surface area contributed by atoms with Gasteiger partial charge in [-0.3, -0.25) is 4.79 Å². The van der Waals surface area contributed by atoms with Gasteiger partial charge in [-0.1, -0.05) is 19.1 Å². The van der Waals surface area contributed by atoms with Crippen LogP contribution in [0.15, 0.2) is 24.3 Å². The van der Waals surface area contributed by atoms with E-state index >= 15 is 0 Å². The molecule has 1 fully saturated rings. The predicted molar refractivity (Wildman–Crippen MR) is 64.0 cm³/mol. The van der Waals surface area contributed by atoms with Gasteiger partial charge in [0, 0.05) is 18.4 Å². The minimum atomic E-state index is -0.251. The van der Waals surface area contributed by atoms with Crippen LogP contribution in [-0.2, 0) is 9.53 Å². The van der Waals surface area contributed by atoms with Gasteiger partial charge in [0.1, 0.15) is 0 Å². The van der Waals surface area contributed by atoms with Gasteiger partial charge < -0.3 is 4.74 Å². The second kappa shape index (κ2) is 3.85. The Bertz CT molecular complexity index is 356. The lowest BCUT2D eigenvalue weighted by atomic mass is 9.72. The summed E-state index contributed by atoms with van der Waals surface area (Å²) in [6, 6.07) is 0. The molecule has 4 atom stereocenters. The lowest BCUT2D eigenvalue weighted by Crippen LogP contribution is -2.37. The summed E-state index contributed by atoms with van der Waals surface area (Å²) in [5.74, 6) is 1.37. The van der Waals surface area contributed by atoms with Crippen molar-refractivity contribution in [1.29, 1.82) is 0 Å². The van der Waals surface area contributed by atoms with Crippen LogP contribution in [0.25, 0.3) is 0 Å². The molecule has 0 radical (unpaired) electrons. The molecule has 0 amide bonds. The lowest BCUT2D eigenvalue weighted by Gasteiger charge is -2.31. The number of hydrogen-bond acceptors (Lipinski definition) is 2. The molecular weight excluding hydrogens is 200 g/mol. The van der Waals surface area contributed by atoms with Crippen molar-refractivity contribution >= 4 is 5.78 Å². The molecule has 1 saturated carbocycles. The fourth-order valence-electron chi connectivity index (χ4n) is 3.54. The van der Waals surface area contributed by atoms with E-state index in [1.807, 2.05) is 13.0 Å². The molecule has 0 aromatic heterocycles. The topological polar surface area (TPSA) is 26.3 Å². The number of hydrogen-bond donors (Lipinski definition) is 0. The van der Waals surface area contributed by atoms with Gasteiger partial charge in [-0.05, 0) is 30.8 Å². The van der Waals surface area contributed by atoms with Crippen LogP contribution in [0.2, 0.25) is 0 Å². The van der Waals surface area contributed by atoms with Crippen LogP contribution in [0.5, 0.6) is 0 Å². The Kier molecular flexibility index (Phi) is 2.79. The van der Waals surface area contributed by atoms with Crippen molar-refractivity contribution in [3.8, 4) is 0 Å². The first kappa shape index (κ1) is 11.6. The number of ketones is 1. The number of ether oxygens (including phenoxy) is 1. The molecule has 2 heteroatoms. The van der Waals surface area contributed by atoms with E-state index in [4.69, 9.17) is 4.74 Å². The molecule has 0 bridgehead atoms. The SMILES string of the molecule is C=C[C@@H]1CC2C=C(C)C(=O)[C@]2(C)[C@@H]1COC. The van der Waals surface area contributed by atoms with Crippen molar-refractivity contribution in [1.82, 2.24) is 0 Å². The molecule has 0 N–H and O–H groups in total. The van der Waals surface area contributed by atoms with Crippen LogP contribution in [0.1, 0.15) is 20.3 Å². The van der Waals surface area contributed by atoms with Gasteiger partial charge in [-0.25, -0.2) is 0 Å². The molecular formula is C14H20O2. The number of carbonyl (C=O) groups is 1. The van der Waals surface area contributed by atoms with Crippen LogP contribution in [0.3, 0.4) is 0 Å². The molecule has 1 unspecified atom stereocenters. The van der Waals surface area contributed by atoms with E-state index in [9.17, 15) is 4.79 Å². The highest BCUT2D eigenvalue weighted by Gasteiger charge is 2.57. The van der Waals surface area contributed by atoms with Crippen molar-refractivity contribution < 1.29 is 9.53 Å². The molecule has 16 heavy (non-hydrogen) atoms. The highest BCUT2D eigenvalue weighted by Crippen LogP contribution is 2.56. The molecule has 0 heterocycles. The zero-order chi connectivity index (χ0) is 11.9. The summed E-state index contributed by atoms with van der Waals surface area (Å²) >= 11 is 0. The van der Waals surface area contributed by atoms with Crippen LogP contribution < -0.4 is 0 Å². The minimum Gasteiger partial charge on any atom is -0.384 e. The van der Waals surface area contributed by atoms with Gasteiger partial charge >= 0.3 is 0 Å². The molecule has 2 nitrogen and oxygen atoms in total. The van der Waals surface area contributed by atoms with Crippen LogP contribution >= 0.6 is 0 Å². The highest BCUT2D eigenvalue weighted by molar-refractivity contribution is 6.02. The average Bonchev–Trinajstić information content (AvgIpc) is 2.64. The molecule has 2 rings (SSSR count). The number of methoxy groups -OCH3 is 1. The van der Waals surface area contributed by atoms with E-state index in [1.165, 1.54) is 0 Å². The Morgan fingerprint density at radius 3 is 2.94 bits per heavy atom. The second-order valence-corrected chi connectivity index (χ2v) is 5.27. The quantitative estimate of drug-likeness (QED) is 0.683. The second-order valence-electron chi connectivity index (χ2n) is 5.27. The standard InChI is InChI=1S/C14H20O2/c1-5-10-7-11-6-9(2)13(15)14(11,3)12(10)8-16-4/h5-6,10-12H,1,7-8H2,2-4H3/t10-,11?,12-,14+/m1/s1. The Hall–Kier alpha value is -0.890. The van der Waals surface area contributed by atoms with Crippen molar-refractivity contribution in [2.45, 2.75) is 20.3 Å². The maximum atomic E-state index is 12.3. The number of carbonyl (C=O) groups excluding carboxylic acids is 1. The average molecular weight is 220 g/mol. The monoisotopic (exact) mass is 220 g/mol. The van der Waals surface area contributed by atoms with Gasteiger partial charge in [-0.2, -0.15) is 0 Å². The van der Waals surface area contributed by atoms with Gasteiger partial charge in [0.25, 0.3) is 0 Å². The Morgan fingerprint density at radius 2 is 2.38 bits per heavy atom. The third kappa shape index (κ3) is 1.32. The van der Waals surface area contributed by atoms with E-state index in [-0.39, 0.29) is 11.3 Å². The molecule has 2 aliphatic rings. The first-order valence-electron chi connectivity index (χ1n) is 5.90. The predicted octanol–water partition coefficient (Wildman–Crippen LogP) is 2.61. The van der Waals surface area contributed by atoms with Crippen molar-refractivity contribution in [2.24, 2.45) is 23.2 Å².